The molecule has 0 radical (unpaired) electrons. The summed E-state index contributed by atoms with van der Waals surface area (Å²) >= 11 is 6.47. The minimum absolute atomic E-state index is 0.207. The van der Waals surface area contributed by atoms with Crippen LogP contribution in [0.2, 0.25) is 0 Å². The Hall–Kier alpha value is -0.940. The third kappa shape index (κ3) is 5.28. The lowest BCUT2D eigenvalue weighted by Gasteiger charge is -2.19. The topological polar surface area (TPSA) is 18.5 Å². The molecule has 1 aliphatic rings. The molecule has 3 rings (SSSR count). The van der Waals surface area contributed by atoms with Crippen LogP contribution in [0.25, 0.3) is 0 Å². The Morgan fingerprint density at radius 1 is 0.913 bits per heavy atom. The Bertz CT molecular complexity index is 576. The third-order valence-corrected chi connectivity index (χ3v) is 5.75. The first-order valence-electron chi connectivity index (χ1n) is 7.92. The largest absolute Gasteiger partial charge is 0.376 e. The maximum atomic E-state index is 6.13. The van der Waals surface area contributed by atoms with Crippen LogP contribution in [-0.2, 0) is 22.7 Å². The lowest BCUT2D eigenvalue weighted by molar-refractivity contribution is 0.0168. The van der Waals surface area contributed by atoms with Crippen molar-refractivity contribution >= 4 is 24.4 Å². The number of thiol groups is 1. The standard InChI is InChI=1S/C19H22O2S2/c22-19-11-17(21-13-16-9-5-2-6-10-16)18(23-19)14-20-12-15-7-3-1-4-8-15/h1-10,17-19,22H,11-14H2/t17-,18+,19?/m1/s1. The molecule has 0 amide bonds. The molecule has 0 saturated carbocycles. The maximum Gasteiger partial charge on any atom is 0.0739 e. The number of benzene rings is 2. The molecule has 1 unspecified atom stereocenters. The molecule has 1 heterocycles. The van der Waals surface area contributed by atoms with Gasteiger partial charge in [-0.25, -0.2) is 0 Å². The van der Waals surface area contributed by atoms with Crippen molar-refractivity contribution in [2.75, 3.05) is 6.61 Å². The molecule has 2 nitrogen and oxygen atoms in total. The lowest BCUT2D eigenvalue weighted by atomic mass is 10.2. The van der Waals surface area contributed by atoms with E-state index in [2.05, 4.69) is 36.9 Å². The first kappa shape index (κ1) is 16.9. The summed E-state index contributed by atoms with van der Waals surface area (Å²) in [5.74, 6) is 0. The third-order valence-electron chi connectivity index (χ3n) is 3.88. The second-order valence-corrected chi connectivity index (χ2v) is 8.12. The van der Waals surface area contributed by atoms with Gasteiger partial charge in [0.2, 0.25) is 0 Å². The predicted molar refractivity (Wildman–Crippen MR) is 99.9 cm³/mol. The normalized spacial score (nSPS) is 24.0. The van der Waals surface area contributed by atoms with Crippen LogP contribution in [0.5, 0.6) is 0 Å². The molecule has 122 valence electrons. The van der Waals surface area contributed by atoms with Crippen LogP contribution in [0.1, 0.15) is 17.5 Å². The molecule has 2 aromatic carbocycles. The van der Waals surface area contributed by atoms with E-state index in [4.69, 9.17) is 9.47 Å². The molecule has 0 aliphatic carbocycles. The van der Waals surface area contributed by atoms with E-state index in [1.165, 1.54) is 11.1 Å². The number of hydrogen-bond donors (Lipinski definition) is 1. The number of rotatable bonds is 7. The molecule has 0 N–H and O–H groups in total. The van der Waals surface area contributed by atoms with Crippen LogP contribution in [0, 0.1) is 0 Å². The monoisotopic (exact) mass is 346 g/mol. The van der Waals surface area contributed by atoms with Gasteiger partial charge in [0.15, 0.2) is 0 Å². The molecule has 1 saturated heterocycles. The van der Waals surface area contributed by atoms with Crippen molar-refractivity contribution in [2.45, 2.75) is 35.6 Å². The highest BCUT2D eigenvalue weighted by atomic mass is 32.2. The van der Waals surface area contributed by atoms with E-state index in [0.717, 1.165) is 6.42 Å². The summed E-state index contributed by atoms with van der Waals surface area (Å²) in [6.45, 7) is 2.01. The fourth-order valence-corrected chi connectivity index (χ4v) is 4.58. The van der Waals surface area contributed by atoms with Crippen LogP contribution in [0.4, 0.5) is 0 Å². The van der Waals surface area contributed by atoms with Gasteiger partial charge in [0, 0.05) is 0 Å². The zero-order valence-electron chi connectivity index (χ0n) is 13.0. The summed E-state index contributed by atoms with van der Waals surface area (Å²) < 4.78 is 12.4. The van der Waals surface area contributed by atoms with Gasteiger partial charge >= 0.3 is 0 Å². The highest BCUT2D eigenvalue weighted by Gasteiger charge is 2.34. The Balaban J connectivity index is 1.47. The number of thioether (sulfide) groups is 1. The van der Waals surface area contributed by atoms with E-state index in [1.54, 1.807) is 0 Å². The van der Waals surface area contributed by atoms with E-state index in [1.807, 2.05) is 48.2 Å². The minimum Gasteiger partial charge on any atom is -0.376 e. The maximum absolute atomic E-state index is 6.13. The quantitative estimate of drug-likeness (QED) is 0.742. The summed E-state index contributed by atoms with van der Waals surface area (Å²) in [4.78, 5) is 0. The zero-order chi connectivity index (χ0) is 15.9. The second kappa shape index (κ2) is 8.78. The number of hydrogen-bond acceptors (Lipinski definition) is 4. The fraction of sp³-hybridized carbons (Fsp3) is 0.368. The Morgan fingerprint density at radius 3 is 2.17 bits per heavy atom. The van der Waals surface area contributed by atoms with Gasteiger partial charge < -0.3 is 9.47 Å². The SMILES string of the molecule is SC1C[C@@H](OCc2ccccc2)[C@H](COCc2ccccc2)S1. The summed E-state index contributed by atoms with van der Waals surface area (Å²) in [6.07, 6.45) is 1.18. The Kier molecular flexibility index (Phi) is 6.46. The molecule has 1 aliphatic heterocycles. The fourth-order valence-electron chi connectivity index (χ4n) is 2.66. The van der Waals surface area contributed by atoms with Crippen LogP contribution >= 0.6 is 24.4 Å². The van der Waals surface area contributed by atoms with Gasteiger partial charge in [-0.15, -0.1) is 11.8 Å². The van der Waals surface area contributed by atoms with Crippen LogP contribution in [-0.4, -0.2) is 22.5 Å². The van der Waals surface area contributed by atoms with Crippen molar-refractivity contribution in [3.05, 3.63) is 71.8 Å². The van der Waals surface area contributed by atoms with Crippen LogP contribution < -0.4 is 0 Å². The van der Waals surface area contributed by atoms with Crippen molar-refractivity contribution in [1.82, 2.24) is 0 Å². The van der Waals surface area contributed by atoms with E-state index in [9.17, 15) is 0 Å². The molecule has 4 heteroatoms. The van der Waals surface area contributed by atoms with Gasteiger partial charge in [-0.1, -0.05) is 60.7 Å². The smallest absolute Gasteiger partial charge is 0.0739 e. The Labute approximate surface area is 148 Å². The molecule has 0 spiro atoms. The first-order chi connectivity index (χ1) is 11.3. The minimum atomic E-state index is 0.207. The lowest BCUT2D eigenvalue weighted by Crippen LogP contribution is -2.26. The van der Waals surface area contributed by atoms with E-state index in [-0.39, 0.29) is 6.10 Å². The molecular formula is C19H22O2S2. The summed E-state index contributed by atoms with van der Waals surface area (Å²) in [5, 5.41) is 0.352. The zero-order valence-corrected chi connectivity index (χ0v) is 14.7. The average molecular weight is 347 g/mol. The van der Waals surface area contributed by atoms with Crippen molar-refractivity contribution in [3.63, 3.8) is 0 Å². The molecular weight excluding hydrogens is 324 g/mol. The molecule has 1 fully saturated rings. The van der Waals surface area contributed by atoms with Gasteiger partial charge in [0.25, 0.3) is 0 Å². The van der Waals surface area contributed by atoms with Gasteiger partial charge in [0.1, 0.15) is 0 Å². The molecule has 0 aromatic heterocycles. The highest BCUT2D eigenvalue weighted by Crippen LogP contribution is 2.38. The number of ether oxygens (including phenoxy) is 2. The highest BCUT2D eigenvalue weighted by molar-refractivity contribution is 8.11. The predicted octanol–water partition coefficient (Wildman–Crippen LogP) is 4.55. The molecule has 23 heavy (non-hydrogen) atoms. The van der Waals surface area contributed by atoms with Gasteiger partial charge in [-0.3, -0.25) is 0 Å². The van der Waals surface area contributed by atoms with E-state index >= 15 is 0 Å². The summed E-state index contributed by atoms with van der Waals surface area (Å²) in [5.41, 5.74) is 2.42. The molecule has 0 bridgehead atoms. The first-order valence-corrected chi connectivity index (χ1v) is 9.38. The molecule has 2 aromatic rings. The van der Waals surface area contributed by atoms with Gasteiger partial charge in [0.05, 0.1) is 35.8 Å². The van der Waals surface area contributed by atoms with Crippen LogP contribution in [0.3, 0.4) is 0 Å². The molecule has 3 atom stereocenters. The summed E-state index contributed by atoms with van der Waals surface area (Å²) in [7, 11) is 0. The van der Waals surface area contributed by atoms with Crippen molar-refractivity contribution in [2.24, 2.45) is 0 Å². The van der Waals surface area contributed by atoms with E-state index in [0.29, 0.717) is 29.7 Å². The Morgan fingerprint density at radius 2 is 1.52 bits per heavy atom. The van der Waals surface area contributed by atoms with Crippen LogP contribution in [0.15, 0.2) is 60.7 Å². The van der Waals surface area contributed by atoms with Gasteiger partial charge in [-0.05, 0) is 17.5 Å². The van der Waals surface area contributed by atoms with Crippen molar-refractivity contribution in [1.29, 1.82) is 0 Å². The van der Waals surface area contributed by atoms with Crippen molar-refractivity contribution < 1.29 is 9.47 Å². The van der Waals surface area contributed by atoms with Gasteiger partial charge in [-0.2, -0.15) is 12.6 Å². The van der Waals surface area contributed by atoms with E-state index < -0.39 is 0 Å². The summed E-state index contributed by atoms with van der Waals surface area (Å²) in [6, 6.07) is 20.6. The average Bonchev–Trinajstić information content (AvgIpc) is 2.95. The van der Waals surface area contributed by atoms with Crippen molar-refractivity contribution in [3.8, 4) is 0 Å². The second-order valence-electron chi connectivity index (χ2n) is 5.70.